The van der Waals surface area contributed by atoms with E-state index in [0.29, 0.717) is 13.2 Å². The van der Waals surface area contributed by atoms with E-state index >= 15 is 0 Å². The lowest BCUT2D eigenvalue weighted by molar-refractivity contribution is -0.293. The number of rotatable bonds is 0. The standard InChI is InChI=1S/C13H12O4/c1-2-12-9(10-4-6-14-11(1)10)3-5-13(17-12)15-7-8-16-13/h1-2,4,6H,3,5,7-8H2. The topological polar surface area (TPSA) is 40.8 Å². The van der Waals surface area contributed by atoms with Crippen LogP contribution in [0.15, 0.2) is 28.9 Å². The third kappa shape index (κ3) is 1.31. The van der Waals surface area contributed by atoms with Gasteiger partial charge in [-0.25, -0.2) is 0 Å². The second kappa shape index (κ2) is 3.24. The van der Waals surface area contributed by atoms with Crippen LogP contribution in [0.4, 0.5) is 0 Å². The maximum absolute atomic E-state index is 5.87. The monoisotopic (exact) mass is 232 g/mol. The highest BCUT2D eigenvalue weighted by molar-refractivity contribution is 5.83. The number of fused-ring (bicyclic) bond motifs is 3. The highest BCUT2D eigenvalue weighted by Gasteiger charge is 2.42. The van der Waals surface area contributed by atoms with E-state index in [-0.39, 0.29) is 0 Å². The summed E-state index contributed by atoms with van der Waals surface area (Å²) in [5.74, 6) is -0.00298. The van der Waals surface area contributed by atoms with Crippen molar-refractivity contribution in [2.24, 2.45) is 0 Å². The Hall–Kier alpha value is -1.52. The Balaban J connectivity index is 1.82. The van der Waals surface area contributed by atoms with Gasteiger partial charge >= 0.3 is 5.97 Å². The summed E-state index contributed by atoms with van der Waals surface area (Å²) in [6.07, 6.45) is 3.31. The quantitative estimate of drug-likeness (QED) is 0.699. The Bertz CT molecular complexity index is 566. The van der Waals surface area contributed by atoms with Gasteiger partial charge in [0.05, 0.1) is 19.5 Å². The molecule has 0 unspecified atom stereocenters. The van der Waals surface area contributed by atoms with E-state index in [1.807, 2.05) is 18.2 Å². The molecule has 0 saturated carbocycles. The summed E-state index contributed by atoms with van der Waals surface area (Å²) < 4.78 is 22.4. The van der Waals surface area contributed by atoms with E-state index in [0.717, 1.165) is 29.6 Å². The van der Waals surface area contributed by atoms with Crippen molar-refractivity contribution in [1.82, 2.24) is 0 Å². The van der Waals surface area contributed by atoms with Crippen LogP contribution in [0.3, 0.4) is 0 Å². The lowest BCUT2D eigenvalue weighted by Crippen LogP contribution is -2.40. The van der Waals surface area contributed by atoms with Gasteiger partial charge in [0, 0.05) is 17.4 Å². The van der Waals surface area contributed by atoms with E-state index in [2.05, 4.69) is 0 Å². The average molecular weight is 232 g/mol. The summed E-state index contributed by atoms with van der Waals surface area (Å²) >= 11 is 0. The highest BCUT2D eigenvalue weighted by Crippen LogP contribution is 2.40. The molecular formula is C13H12O4. The molecule has 4 heteroatoms. The number of aryl methyl sites for hydroxylation is 1. The maximum atomic E-state index is 5.87. The van der Waals surface area contributed by atoms with Crippen LogP contribution in [0, 0.1) is 0 Å². The summed E-state index contributed by atoms with van der Waals surface area (Å²) in [4.78, 5) is 0. The minimum absolute atomic E-state index is 0.600. The van der Waals surface area contributed by atoms with Gasteiger partial charge in [0.25, 0.3) is 0 Å². The molecule has 88 valence electrons. The number of hydrogen-bond acceptors (Lipinski definition) is 4. The Morgan fingerprint density at radius 2 is 1.94 bits per heavy atom. The average Bonchev–Trinajstić information content (AvgIpc) is 2.98. The minimum Gasteiger partial charge on any atom is -0.464 e. The van der Waals surface area contributed by atoms with Crippen LogP contribution in [0.5, 0.6) is 5.75 Å². The van der Waals surface area contributed by atoms with Gasteiger partial charge in [-0.2, -0.15) is 0 Å². The molecule has 1 saturated heterocycles. The fraction of sp³-hybridized carbons (Fsp3) is 0.385. The lowest BCUT2D eigenvalue weighted by atomic mass is 10.0. The van der Waals surface area contributed by atoms with Crippen LogP contribution in [0.2, 0.25) is 0 Å². The zero-order chi connectivity index (χ0) is 11.3. The van der Waals surface area contributed by atoms with Gasteiger partial charge < -0.3 is 18.6 Å². The first kappa shape index (κ1) is 9.50. The second-order valence-electron chi connectivity index (χ2n) is 4.36. The van der Waals surface area contributed by atoms with E-state index in [1.54, 1.807) is 6.26 Å². The molecule has 4 rings (SSSR count). The molecule has 0 radical (unpaired) electrons. The fourth-order valence-electron chi connectivity index (χ4n) is 2.57. The van der Waals surface area contributed by atoms with Crippen LogP contribution in [-0.2, 0) is 15.9 Å². The number of furan rings is 1. The van der Waals surface area contributed by atoms with E-state index in [1.165, 1.54) is 5.56 Å². The second-order valence-corrected chi connectivity index (χ2v) is 4.36. The summed E-state index contributed by atoms with van der Waals surface area (Å²) in [6, 6.07) is 5.82. The first-order valence-electron chi connectivity index (χ1n) is 5.82. The van der Waals surface area contributed by atoms with Crippen LogP contribution >= 0.6 is 0 Å². The molecule has 17 heavy (non-hydrogen) atoms. The van der Waals surface area contributed by atoms with Crippen molar-refractivity contribution in [3.05, 3.63) is 30.0 Å². The van der Waals surface area contributed by atoms with E-state index in [4.69, 9.17) is 18.6 Å². The molecule has 0 aliphatic carbocycles. The first-order chi connectivity index (χ1) is 8.36. The summed E-state index contributed by atoms with van der Waals surface area (Å²) in [6.45, 7) is 1.20. The Morgan fingerprint density at radius 3 is 2.82 bits per heavy atom. The largest absolute Gasteiger partial charge is 0.464 e. The molecule has 1 spiro atoms. The van der Waals surface area contributed by atoms with Crippen LogP contribution in [0.1, 0.15) is 12.0 Å². The molecule has 2 aromatic rings. The van der Waals surface area contributed by atoms with Gasteiger partial charge in [-0.05, 0) is 24.6 Å². The molecule has 0 atom stereocenters. The molecule has 1 fully saturated rings. The zero-order valence-corrected chi connectivity index (χ0v) is 9.27. The molecule has 2 aliphatic rings. The van der Waals surface area contributed by atoms with Gasteiger partial charge in [0.2, 0.25) is 0 Å². The number of ether oxygens (including phenoxy) is 3. The smallest absolute Gasteiger partial charge is 0.327 e. The molecule has 3 heterocycles. The highest BCUT2D eigenvalue weighted by atomic mass is 16.9. The summed E-state index contributed by atoms with van der Waals surface area (Å²) in [5.41, 5.74) is 2.08. The van der Waals surface area contributed by atoms with Gasteiger partial charge in [-0.1, -0.05) is 0 Å². The van der Waals surface area contributed by atoms with E-state index in [9.17, 15) is 0 Å². The van der Waals surface area contributed by atoms with Crippen molar-refractivity contribution in [1.29, 1.82) is 0 Å². The minimum atomic E-state index is -0.843. The van der Waals surface area contributed by atoms with Gasteiger partial charge in [-0.3, -0.25) is 0 Å². The lowest BCUT2D eigenvalue weighted by Gasteiger charge is -2.32. The predicted octanol–water partition coefficient (Wildman–Crippen LogP) is 2.46. The number of hydrogen-bond donors (Lipinski definition) is 0. The fourth-order valence-corrected chi connectivity index (χ4v) is 2.57. The first-order valence-corrected chi connectivity index (χ1v) is 5.82. The Morgan fingerprint density at radius 1 is 1.06 bits per heavy atom. The summed E-state index contributed by atoms with van der Waals surface area (Å²) in [5, 5.41) is 1.12. The molecule has 0 bridgehead atoms. The molecule has 1 aromatic carbocycles. The zero-order valence-electron chi connectivity index (χ0n) is 9.27. The SMILES string of the molecule is c1cc2c3c(ccc2o1)OC1(CC3)OCCO1. The Kier molecular flexibility index (Phi) is 1.81. The predicted molar refractivity (Wildman–Crippen MR) is 59.8 cm³/mol. The third-order valence-corrected chi connectivity index (χ3v) is 3.38. The van der Waals surface area contributed by atoms with Crippen molar-refractivity contribution < 1.29 is 18.6 Å². The van der Waals surface area contributed by atoms with Crippen molar-refractivity contribution >= 4 is 11.0 Å². The van der Waals surface area contributed by atoms with Gasteiger partial charge in [0.1, 0.15) is 11.3 Å². The maximum Gasteiger partial charge on any atom is 0.327 e. The van der Waals surface area contributed by atoms with Crippen molar-refractivity contribution in [3.8, 4) is 5.75 Å². The molecule has 0 amide bonds. The van der Waals surface area contributed by atoms with Crippen molar-refractivity contribution in [2.75, 3.05) is 13.2 Å². The van der Waals surface area contributed by atoms with Crippen LogP contribution in [0.25, 0.3) is 11.0 Å². The molecule has 4 nitrogen and oxygen atoms in total. The normalized spacial score (nSPS) is 21.6. The number of benzene rings is 1. The van der Waals surface area contributed by atoms with Crippen LogP contribution < -0.4 is 4.74 Å². The Labute approximate surface area is 98.1 Å². The van der Waals surface area contributed by atoms with Gasteiger partial charge in [-0.15, -0.1) is 0 Å². The summed E-state index contributed by atoms with van der Waals surface area (Å²) in [7, 11) is 0. The third-order valence-electron chi connectivity index (χ3n) is 3.38. The molecular weight excluding hydrogens is 220 g/mol. The van der Waals surface area contributed by atoms with Gasteiger partial charge in [0.15, 0.2) is 0 Å². The molecule has 1 aromatic heterocycles. The molecule has 2 aliphatic heterocycles. The van der Waals surface area contributed by atoms with Crippen molar-refractivity contribution in [3.63, 3.8) is 0 Å². The van der Waals surface area contributed by atoms with Crippen molar-refractivity contribution in [2.45, 2.75) is 18.8 Å². The molecule has 0 N–H and O–H groups in total. The van der Waals surface area contributed by atoms with E-state index < -0.39 is 5.97 Å². The van der Waals surface area contributed by atoms with Crippen LogP contribution in [-0.4, -0.2) is 19.2 Å².